The summed E-state index contributed by atoms with van der Waals surface area (Å²) in [4.78, 5) is 17.9. The Balaban J connectivity index is 0.000000181. The molecule has 0 bridgehead atoms. The van der Waals surface area contributed by atoms with E-state index in [2.05, 4.69) is 33.9 Å². The fraction of sp³-hybridized carbons (Fsp3) is 0.333. The summed E-state index contributed by atoms with van der Waals surface area (Å²) in [5.74, 6) is 0. The molecule has 2 aliphatic heterocycles. The zero-order valence-electron chi connectivity index (χ0n) is 31.9. The molecule has 2 saturated heterocycles. The predicted molar refractivity (Wildman–Crippen MR) is 221 cm³/mol. The Morgan fingerprint density at radius 2 is 1.07 bits per heavy atom. The van der Waals surface area contributed by atoms with Crippen molar-refractivity contribution in [2.45, 2.75) is 25.4 Å². The molecule has 1 unspecified atom stereocenters. The highest BCUT2D eigenvalue weighted by molar-refractivity contribution is 7.79. The van der Waals surface area contributed by atoms with Crippen LogP contribution >= 0.6 is 34.8 Å². The fourth-order valence-corrected chi connectivity index (χ4v) is 7.39. The quantitative estimate of drug-likeness (QED) is 0.0957. The van der Waals surface area contributed by atoms with E-state index in [9.17, 15) is 30.6 Å². The van der Waals surface area contributed by atoms with Crippen molar-refractivity contribution in [3.8, 4) is 0 Å². The van der Waals surface area contributed by atoms with Gasteiger partial charge in [-0.05, 0) is 66.7 Å². The van der Waals surface area contributed by atoms with Gasteiger partial charge in [0.1, 0.15) is 11.3 Å². The summed E-state index contributed by atoms with van der Waals surface area (Å²) in [5.41, 5.74) is 3.30. The molecule has 1 N–H and O–H groups in total. The largest absolute Gasteiger partial charge is 0.417 e. The lowest BCUT2D eigenvalue weighted by Crippen LogP contribution is -2.46. The highest BCUT2D eigenvalue weighted by atomic mass is 35.5. The van der Waals surface area contributed by atoms with Crippen molar-refractivity contribution in [1.29, 1.82) is 0 Å². The Labute approximate surface area is 358 Å². The zero-order valence-corrected chi connectivity index (χ0v) is 35.0. The van der Waals surface area contributed by atoms with Gasteiger partial charge in [0, 0.05) is 112 Å². The smallest absolute Gasteiger partial charge is 0.369 e. The van der Waals surface area contributed by atoms with Crippen LogP contribution in [0.2, 0.25) is 15.1 Å². The molecule has 11 nitrogen and oxygen atoms in total. The Morgan fingerprint density at radius 1 is 0.633 bits per heavy atom. The average molecular weight is 920 g/mol. The first kappa shape index (κ1) is 45.4. The third-order valence-corrected chi connectivity index (χ3v) is 10.7. The molecule has 0 radical (unpaired) electrons. The number of imidazole rings is 2. The molecular formula is C39H39Cl3F6N8O3S. The summed E-state index contributed by atoms with van der Waals surface area (Å²) in [6.07, 6.45) is -1.99. The van der Waals surface area contributed by atoms with Gasteiger partial charge >= 0.3 is 12.4 Å². The van der Waals surface area contributed by atoms with Crippen molar-refractivity contribution in [2.24, 2.45) is 0 Å². The van der Waals surface area contributed by atoms with Crippen LogP contribution in [-0.4, -0.2) is 96.6 Å². The second kappa shape index (κ2) is 19.7. The van der Waals surface area contributed by atoms with Gasteiger partial charge < -0.3 is 18.6 Å². The van der Waals surface area contributed by atoms with Crippen LogP contribution in [0, 0.1) is 0 Å². The van der Waals surface area contributed by atoms with Gasteiger partial charge in [-0.3, -0.25) is 9.80 Å². The van der Waals surface area contributed by atoms with Gasteiger partial charge in [-0.25, -0.2) is 19.4 Å². The monoisotopic (exact) mass is 918 g/mol. The maximum atomic E-state index is 12.9. The van der Waals surface area contributed by atoms with Crippen LogP contribution in [0.3, 0.4) is 0 Å². The van der Waals surface area contributed by atoms with Crippen molar-refractivity contribution in [2.75, 3.05) is 68.4 Å². The summed E-state index contributed by atoms with van der Waals surface area (Å²) >= 11 is 16.7. The molecule has 322 valence electrons. The zero-order chi connectivity index (χ0) is 43.2. The lowest BCUT2D eigenvalue weighted by atomic mass is 10.2. The Hall–Kier alpha value is -4.14. The third kappa shape index (κ3) is 12.2. The number of aromatic nitrogens is 4. The first-order chi connectivity index (χ1) is 28.4. The topological polar surface area (TPSA) is 94.1 Å². The van der Waals surface area contributed by atoms with Crippen molar-refractivity contribution in [3.05, 3.63) is 129 Å². The van der Waals surface area contributed by atoms with Crippen LogP contribution < -0.4 is 9.80 Å². The van der Waals surface area contributed by atoms with Gasteiger partial charge in [-0.2, -0.15) is 26.3 Å². The summed E-state index contributed by atoms with van der Waals surface area (Å²) < 4.78 is 92.6. The van der Waals surface area contributed by atoms with Gasteiger partial charge in [0.05, 0.1) is 33.2 Å². The summed E-state index contributed by atoms with van der Waals surface area (Å²) in [6, 6.07) is 18.2. The molecule has 2 aromatic carbocycles. The molecule has 60 heavy (non-hydrogen) atoms. The maximum Gasteiger partial charge on any atom is 0.417 e. The minimum atomic E-state index is -4.36. The van der Waals surface area contributed by atoms with Gasteiger partial charge in [0.15, 0.2) is 11.1 Å². The molecular weight excluding hydrogens is 881 g/mol. The van der Waals surface area contributed by atoms with Crippen molar-refractivity contribution < 1.29 is 40.1 Å². The Kier molecular flexibility index (Phi) is 14.9. The maximum absolute atomic E-state index is 12.9. The van der Waals surface area contributed by atoms with E-state index in [1.54, 1.807) is 18.5 Å². The van der Waals surface area contributed by atoms with Crippen LogP contribution in [0.15, 0.2) is 91.5 Å². The van der Waals surface area contributed by atoms with Crippen LogP contribution in [0.5, 0.6) is 0 Å². The molecule has 4 aromatic heterocycles. The van der Waals surface area contributed by atoms with E-state index >= 15 is 0 Å². The number of anilines is 2. The van der Waals surface area contributed by atoms with Crippen molar-refractivity contribution >= 4 is 68.6 Å². The Bertz CT molecular complexity index is 2380. The minimum Gasteiger partial charge on any atom is -0.369 e. The number of piperazine rings is 2. The van der Waals surface area contributed by atoms with Gasteiger partial charge in [-0.15, -0.1) is 4.33 Å². The van der Waals surface area contributed by atoms with E-state index in [1.165, 1.54) is 27.2 Å². The number of rotatable bonds is 7. The molecule has 0 amide bonds. The van der Waals surface area contributed by atoms with E-state index in [0.29, 0.717) is 34.4 Å². The second-order valence-corrected chi connectivity index (χ2v) is 16.1. The van der Waals surface area contributed by atoms with Crippen LogP contribution in [0.1, 0.15) is 22.5 Å². The van der Waals surface area contributed by atoms with Crippen molar-refractivity contribution in [1.82, 2.24) is 28.6 Å². The minimum absolute atomic E-state index is 0.509. The number of alkyl halides is 6. The molecule has 6 aromatic rings. The van der Waals surface area contributed by atoms with Gasteiger partial charge in [-0.1, -0.05) is 34.8 Å². The normalized spacial score (nSPS) is 16.1. The summed E-state index contributed by atoms with van der Waals surface area (Å²) in [5, 5.41) is 9.29. The second-order valence-electron chi connectivity index (χ2n) is 13.9. The molecule has 1 atom stereocenters. The van der Waals surface area contributed by atoms with E-state index < -0.39 is 34.6 Å². The molecule has 0 saturated carbocycles. The highest BCUT2D eigenvalue weighted by Crippen LogP contribution is 2.32. The molecule has 0 aliphatic carbocycles. The first-order valence-electron chi connectivity index (χ1n) is 18.4. The number of nitrogens with zero attached hydrogens (tertiary/aromatic N) is 8. The van der Waals surface area contributed by atoms with E-state index in [-0.39, 0.29) is 0 Å². The average Bonchev–Trinajstić information content (AvgIpc) is 3.81. The number of halogens is 9. The fourth-order valence-electron chi connectivity index (χ4n) is 6.74. The van der Waals surface area contributed by atoms with Crippen LogP contribution in [-0.2, 0) is 40.9 Å². The number of benzene rings is 2. The number of fused-ring (bicyclic) bond motifs is 2. The third-order valence-electron chi connectivity index (χ3n) is 9.72. The summed E-state index contributed by atoms with van der Waals surface area (Å²) in [6.45, 7) is 7.92. The molecule has 2 fully saturated rings. The first-order valence-corrected chi connectivity index (χ1v) is 21.0. The van der Waals surface area contributed by atoms with Gasteiger partial charge in [0.25, 0.3) is 0 Å². The predicted octanol–water partition coefficient (Wildman–Crippen LogP) is 9.08. The van der Waals surface area contributed by atoms with Crippen LogP contribution in [0.25, 0.3) is 11.3 Å². The van der Waals surface area contributed by atoms with Crippen LogP contribution in [0.4, 0.5) is 37.7 Å². The molecule has 2 aliphatic rings. The summed E-state index contributed by atoms with van der Waals surface area (Å²) in [7, 11) is 0. The highest BCUT2D eigenvalue weighted by Gasteiger charge is 2.32. The number of hydrogen-bond acceptors (Lipinski definition) is 9. The lowest BCUT2D eigenvalue weighted by molar-refractivity contribution is -0.138. The van der Waals surface area contributed by atoms with Gasteiger partial charge in [0.2, 0.25) is 0 Å². The SMILES string of the molecule is CS(=O)OO.FC(F)(F)c1ccc2nc(CN3CCN(c4ccc(Cl)cc4)CC3)cn2c1.FC(F)(F)c1ccc2nc(CN3CCN(c4ccc(Cl)cc4Cl)CC3)cn2c1. The molecule has 21 heteroatoms. The standard InChI is InChI=1S/C19H17Cl2F3N4.C19H18ClF3N4.CH4O3S/c20-14-2-3-17(16(21)9-14)27-7-5-26(6-8-27)11-15-12-28-10-13(19(22,23)24)1-4-18(28)25-15;20-15-2-4-17(5-3-15)26-9-7-25(8-10-26)12-16-13-27-11-14(19(21,22)23)1-6-18(27)24-16;1-5(3)4-2/h1-4,9-10,12H,5-8,11H2;1-6,11,13H,7-10,12H2;2H,1H3. The lowest BCUT2D eigenvalue weighted by Gasteiger charge is -2.36. The van der Waals surface area contributed by atoms with E-state index in [1.807, 2.05) is 36.4 Å². The van der Waals surface area contributed by atoms with E-state index in [0.717, 1.165) is 105 Å². The van der Waals surface area contributed by atoms with E-state index in [4.69, 9.17) is 40.1 Å². The molecule has 0 spiro atoms. The molecule has 6 heterocycles. The van der Waals surface area contributed by atoms with Crippen molar-refractivity contribution in [3.63, 3.8) is 0 Å². The Morgan fingerprint density at radius 3 is 1.48 bits per heavy atom. The number of pyridine rings is 2. The molecule has 8 rings (SSSR count). The number of hydrogen-bond donors (Lipinski definition) is 1.